The molecular weight excluding hydrogens is 180 g/mol. The second-order valence-electron chi connectivity index (χ2n) is 3.63. The van der Waals surface area contributed by atoms with E-state index in [1.807, 2.05) is 6.07 Å². The summed E-state index contributed by atoms with van der Waals surface area (Å²) in [7, 11) is 0. The van der Waals surface area contributed by atoms with Crippen molar-refractivity contribution >= 4 is 5.97 Å². The Labute approximate surface area is 82.0 Å². The largest absolute Gasteiger partial charge is 0.508 e. The summed E-state index contributed by atoms with van der Waals surface area (Å²) in [5.74, 6) is -1.25. The first-order chi connectivity index (χ1) is 6.70. The first-order valence-electron chi connectivity index (χ1n) is 4.73. The minimum absolute atomic E-state index is 0.120. The maximum atomic E-state index is 11.0. The van der Waals surface area contributed by atoms with Gasteiger partial charge in [0.2, 0.25) is 0 Å². The number of benzene rings is 1. The molecule has 1 aliphatic carbocycles. The van der Waals surface area contributed by atoms with Crippen LogP contribution in [-0.4, -0.2) is 16.2 Å². The van der Waals surface area contributed by atoms with Crippen LogP contribution in [0.4, 0.5) is 0 Å². The van der Waals surface area contributed by atoms with Gasteiger partial charge in [-0.15, -0.1) is 0 Å². The van der Waals surface area contributed by atoms with Crippen LogP contribution in [0.15, 0.2) is 18.2 Å². The summed E-state index contributed by atoms with van der Waals surface area (Å²) in [6, 6.07) is 5.21. The van der Waals surface area contributed by atoms with E-state index in [0.717, 1.165) is 18.4 Å². The third-order valence-electron chi connectivity index (χ3n) is 2.76. The van der Waals surface area contributed by atoms with E-state index in [0.29, 0.717) is 12.0 Å². The van der Waals surface area contributed by atoms with Gasteiger partial charge >= 0.3 is 5.97 Å². The van der Waals surface area contributed by atoms with Crippen LogP contribution in [0.1, 0.15) is 29.9 Å². The number of aromatic hydroxyl groups is 1. The molecule has 0 aliphatic heterocycles. The smallest absolute Gasteiger partial charge is 0.311 e. The van der Waals surface area contributed by atoms with Crippen LogP contribution in [0.3, 0.4) is 0 Å². The molecule has 1 atom stereocenters. The summed E-state index contributed by atoms with van der Waals surface area (Å²) in [5.41, 5.74) is 1.59. The normalized spacial score (nSPS) is 20.1. The number of phenols is 1. The van der Waals surface area contributed by atoms with Crippen LogP contribution < -0.4 is 0 Å². The number of aliphatic carboxylic acids is 1. The highest BCUT2D eigenvalue weighted by atomic mass is 16.4. The zero-order valence-electron chi connectivity index (χ0n) is 7.73. The summed E-state index contributed by atoms with van der Waals surface area (Å²) >= 11 is 0. The topological polar surface area (TPSA) is 57.5 Å². The second-order valence-corrected chi connectivity index (χ2v) is 3.63. The highest BCUT2D eigenvalue weighted by molar-refractivity contribution is 5.78. The minimum atomic E-state index is -0.840. The van der Waals surface area contributed by atoms with E-state index in [9.17, 15) is 9.90 Å². The zero-order valence-corrected chi connectivity index (χ0v) is 7.73. The zero-order chi connectivity index (χ0) is 10.1. The number of carboxylic acids is 1. The van der Waals surface area contributed by atoms with Gasteiger partial charge < -0.3 is 10.2 Å². The molecule has 0 saturated heterocycles. The molecule has 2 rings (SSSR count). The predicted molar refractivity (Wildman–Crippen MR) is 51.4 cm³/mol. The Kier molecular flexibility index (Phi) is 2.15. The van der Waals surface area contributed by atoms with E-state index < -0.39 is 11.9 Å². The van der Waals surface area contributed by atoms with Gasteiger partial charge in [-0.3, -0.25) is 4.79 Å². The summed E-state index contributed by atoms with van der Waals surface area (Å²) in [6.07, 6.45) is 2.38. The molecule has 0 bridgehead atoms. The maximum Gasteiger partial charge on any atom is 0.311 e. The molecule has 1 aromatic rings. The molecule has 1 aromatic carbocycles. The monoisotopic (exact) mass is 192 g/mol. The molecule has 0 aromatic heterocycles. The molecule has 1 unspecified atom stereocenters. The van der Waals surface area contributed by atoms with Gasteiger partial charge in [-0.1, -0.05) is 12.1 Å². The van der Waals surface area contributed by atoms with Gasteiger partial charge in [-0.05, 0) is 30.9 Å². The van der Waals surface area contributed by atoms with Crippen molar-refractivity contribution in [3.63, 3.8) is 0 Å². The Balaban J connectivity index is 2.52. The molecule has 3 heteroatoms. The van der Waals surface area contributed by atoms with E-state index in [2.05, 4.69) is 0 Å². The van der Waals surface area contributed by atoms with E-state index >= 15 is 0 Å². The van der Waals surface area contributed by atoms with Crippen molar-refractivity contribution in [2.75, 3.05) is 0 Å². The Bertz CT molecular complexity index is 371. The highest BCUT2D eigenvalue weighted by Crippen LogP contribution is 2.37. The molecule has 2 N–H and O–H groups in total. The lowest BCUT2D eigenvalue weighted by molar-refractivity contribution is -0.139. The van der Waals surface area contributed by atoms with Crippen LogP contribution in [0.5, 0.6) is 5.75 Å². The van der Waals surface area contributed by atoms with Crippen LogP contribution in [-0.2, 0) is 11.2 Å². The lowest BCUT2D eigenvalue weighted by atomic mass is 9.82. The van der Waals surface area contributed by atoms with E-state index in [-0.39, 0.29) is 5.75 Å². The summed E-state index contributed by atoms with van der Waals surface area (Å²) in [6.45, 7) is 0. The van der Waals surface area contributed by atoms with Crippen molar-refractivity contribution < 1.29 is 15.0 Å². The number of fused-ring (bicyclic) bond motifs is 1. The van der Waals surface area contributed by atoms with Gasteiger partial charge in [0.25, 0.3) is 0 Å². The van der Waals surface area contributed by atoms with Crippen molar-refractivity contribution in [1.82, 2.24) is 0 Å². The maximum absolute atomic E-state index is 11.0. The van der Waals surface area contributed by atoms with Crippen LogP contribution in [0, 0.1) is 0 Å². The molecular formula is C11H12O3. The number of rotatable bonds is 1. The van der Waals surface area contributed by atoms with Crippen molar-refractivity contribution in [1.29, 1.82) is 0 Å². The van der Waals surface area contributed by atoms with Crippen molar-refractivity contribution in [2.45, 2.75) is 25.2 Å². The van der Waals surface area contributed by atoms with Gasteiger partial charge in [0.05, 0.1) is 5.92 Å². The number of hydrogen-bond donors (Lipinski definition) is 2. The third kappa shape index (κ3) is 1.35. The molecule has 3 nitrogen and oxygen atoms in total. The second kappa shape index (κ2) is 3.33. The molecule has 74 valence electrons. The van der Waals surface area contributed by atoms with Gasteiger partial charge in [0, 0.05) is 5.56 Å². The Morgan fingerprint density at radius 1 is 1.43 bits per heavy atom. The van der Waals surface area contributed by atoms with Crippen LogP contribution >= 0.6 is 0 Å². The average Bonchev–Trinajstić information content (AvgIpc) is 2.17. The average molecular weight is 192 g/mol. The standard InChI is InChI=1S/C11H12O3/c12-9-6-2-4-7-3-1-5-8(10(7)9)11(13)14/h2,4,6,8,12H,1,3,5H2,(H,13,14). The van der Waals surface area contributed by atoms with Crippen molar-refractivity contribution in [2.24, 2.45) is 0 Å². The molecule has 0 fully saturated rings. The van der Waals surface area contributed by atoms with Crippen LogP contribution in [0.2, 0.25) is 0 Å². The Morgan fingerprint density at radius 3 is 2.93 bits per heavy atom. The number of phenolic OH excluding ortho intramolecular Hbond substituents is 1. The predicted octanol–water partition coefficient (Wildman–Crippen LogP) is 1.90. The van der Waals surface area contributed by atoms with Gasteiger partial charge in [0.15, 0.2) is 0 Å². The fourth-order valence-electron chi connectivity index (χ4n) is 2.11. The first-order valence-corrected chi connectivity index (χ1v) is 4.73. The Hall–Kier alpha value is -1.51. The molecule has 1 aliphatic rings. The van der Waals surface area contributed by atoms with Gasteiger partial charge in [-0.2, -0.15) is 0 Å². The summed E-state index contributed by atoms with van der Waals surface area (Å²) < 4.78 is 0. The van der Waals surface area contributed by atoms with Gasteiger partial charge in [-0.25, -0.2) is 0 Å². The number of carbonyl (C=O) groups is 1. The molecule has 0 saturated carbocycles. The van der Waals surface area contributed by atoms with E-state index in [1.165, 1.54) is 0 Å². The quantitative estimate of drug-likeness (QED) is 0.714. The van der Waals surface area contributed by atoms with Crippen molar-refractivity contribution in [3.8, 4) is 5.75 Å². The molecule has 14 heavy (non-hydrogen) atoms. The lowest BCUT2D eigenvalue weighted by Gasteiger charge is -2.22. The number of hydrogen-bond acceptors (Lipinski definition) is 2. The van der Waals surface area contributed by atoms with E-state index in [4.69, 9.17) is 5.11 Å². The molecule has 0 amide bonds. The minimum Gasteiger partial charge on any atom is -0.508 e. The third-order valence-corrected chi connectivity index (χ3v) is 2.76. The fourth-order valence-corrected chi connectivity index (χ4v) is 2.11. The first kappa shape index (κ1) is 9.06. The summed E-state index contributed by atoms with van der Waals surface area (Å²) in [5, 5.41) is 18.6. The SMILES string of the molecule is O=C(O)C1CCCc2cccc(O)c21. The van der Waals surface area contributed by atoms with E-state index in [1.54, 1.807) is 12.1 Å². The van der Waals surface area contributed by atoms with Crippen LogP contribution in [0.25, 0.3) is 0 Å². The highest BCUT2D eigenvalue weighted by Gasteiger charge is 2.28. The van der Waals surface area contributed by atoms with Gasteiger partial charge in [0.1, 0.15) is 5.75 Å². The number of carboxylic acid groups (broad SMARTS) is 1. The fraction of sp³-hybridized carbons (Fsp3) is 0.364. The summed E-state index contributed by atoms with van der Waals surface area (Å²) in [4.78, 5) is 11.0. The Morgan fingerprint density at radius 2 is 2.21 bits per heavy atom. The molecule has 0 heterocycles. The van der Waals surface area contributed by atoms with Crippen molar-refractivity contribution in [3.05, 3.63) is 29.3 Å². The lowest BCUT2D eigenvalue weighted by Crippen LogP contribution is -2.17. The number of aryl methyl sites for hydroxylation is 1. The molecule has 0 spiro atoms. The molecule has 0 radical (unpaired) electrons.